The first kappa shape index (κ1) is 11.9. The van der Waals surface area contributed by atoms with Crippen molar-refractivity contribution in [2.45, 2.75) is 0 Å². The summed E-state index contributed by atoms with van der Waals surface area (Å²) in [5, 5.41) is 9.80. The standard InChI is InChI=1S/C14H10N4O2/c15-7-11-13(8-3-1-2-4-10(8)19-11)20-12-6-5-9(16)14(17)18-12/h1-6H,16H2,(H2,17,18). The zero-order chi connectivity index (χ0) is 14.1. The number of rotatable bonds is 2. The lowest BCUT2D eigenvalue weighted by atomic mass is 10.2. The van der Waals surface area contributed by atoms with Crippen LogP contribution in [-0.2, 0) is 0 Å². The van der Waals surface area contributed by atoms with Crippen LogP contribution in [0.4, 0.5) is 11.5 Å². The lowest BCUT2D eigenvalue weighted by Crippen LogP contribution is -1.99. The summed E-state index contributed by atoms with van der Waals surface area (Å²) < 4.78 is 11.0. The van der Waals surface area contributed by atoms with Crippen molar-refractivity contribution in [3.8, 4) is 17.7 Å². The van der Waals surface area contributed by atoms with E-state index in [0.29, 0.717) is 22.4 Å². The molecule has 0 unspecified atom stereocenters. The minimum Gasteiger partial charge on any atom is -0.442 e. The molecule has 1 aromatic carbocycles. The van der Waals surface area contributed by atoms with Gasteiger partial charge in [0.1, 0.15) is 11.7 Å². The first-order chi connectivity index (χ1) is 9.69. The number of aromatic nitrogens is 1. The van der Waals surface area contributed by atoms with Gasteiger partial charge in [0.05, 0.1) is 11.1 Å². The van der Waals surface area contributed by atoms with E-state index in [-0.39, 0.29) is 17.5 Å². The summed E-state index contributed by atoms with van der Waals surface area (Å²) in [7, 11) is 0. The third-order valence-corrected chi connectivity index (χ3v) is 2.79. The first-order valence-electron chi connectivity index (χ1n) is 5.80. The lowest BCUT2D eigenvalue weighted by Gasteiger charge is -2.05. The summed E-state index contributed by atoms with van der Waals surface area (Å²) in [5.74, 6) is 0.830. The number of nitriles is 1. The number of ether oxygens (including phenoxy) is 1. The molecule has 0 atom stereocenters. The van der Waals surface area contributed by atoms with Crippen molar-refractivity contribution in [3.63, 3.8) is 0 Å². The van der Waals surface area contributed by atoms with Crippen LogP contribution in [0, 0.1) is 11.3 Å². The van der Waals surface area contributed by atoms with Gasteiger partial charge in [0.2, 0.25) is 11.6 Å². The highest BCUT2D eigenvalue weighted by Crippen LogP contribution is 2.35. The van der Waals surface area contributed by atoms with Crippen LogP contribution in [0.15, 0.2) is 40.8 Å². The highest BCUT2D eigenvalue weighted by molar-refractivity contribution is 5.86. The Labute approximate surface area is 114 Å². The minimum absolute atomic E-state index is 0.0865. The number of fused-ring (bicyclic) bond motifs is 1. The van der Waals surface area contributed by atoms with E-state index in [1.165, 1.54) is 0 Å². The van der Waals surface area contributed by atoms with Crippen LogP contribution < -0.4 is 16.2 Å². The molecule has 0 radical (unpaired) electrons. The van der Waals surface area contributed by atoms with Gasteiger partial charge in [0, 0.05) is 6.07 Å². The maximum absolute atomic E-state index is 9.11. The van der Waals surface area contributed by atoms with E-state index in [1.807, 2.05) is 18.2 Å². The topological polar surface area (TPSA) is 111 Å². The van der Waals surface area contributed by atoms with E-state index in [1.54, 1.807) is 24.3 Å². The molecule has 0 spiro atoms. The summed E-state index contributed by atoms with van der Waals surface area (Å²) in [5.41, 5.74) is 12.2. The van der Waals surface area contributed by atoms with Crippen LogP contribution in [0.2, 0.25) is 0 Å². The normalized spacial score (nSPS) is 10.3. The predicted octanol–water partition coefficient (Wildman–Crippen LogP) is 2.66. The van der Waals surface area contributed by atoms with Gasteiger partial charge in [0.15, 0.2) is 11.6 Å². The average molecular weight is 266 g/mol. The van der Waals surface area contributed by atoms with Crippen molar-refractivity contribution in [1.82, 2.24) is 4.98 Å². The first-order valence-corrected chi connectivity index (χ1v) is 5.80. The predicted molar refractivity (Wildman–Crippen MR) is 74.1 cm³/mol. The van der Waals surface area contributed by atoms with Gasteiger partial charge in [-0.05, 0) is 18.2 Å². The number of furan rings is 1. The molecule has 20 heavy (non-hydrogen) atoms. The van der Waals surface area contributed by atoms with Crippen LogP contribution in [-0.4, -0.2) is 4.98 Å². The molecule has 0 amide bonds. The number of para-hydroxylation sites is 1. The largest absolute Gasteiger partial charge is 0.442 e. The second-order valence-electron chi connectivity index (χ2n) is 4.09. The fraction of sp³-hybridized carbons (Fsp3) is 0. The fourth-order valence-electron chi connectivity index (χ4n) is 1.83. The Bertz CT molecular complexity index is 833. The molecule has 6 heteroatoms. The van der Waals surface area contributed by atoms with E-state index in [9.17, 15) is 0 Å². The summed E-state index contributed by atoms with van der Waals surface area (Å²) in [6.45, 7) is 0. The third-order valence-electron chi connectivity index (χ3n) is 2.79. The average Bonchev–Trinajstić information content (AvgIpc) is 2.81. The summed E-state index contributed by atoms with van der Waals surface area (Å²) >= 11 is 0. The number of anilines is 2. The molecule has 0 bridgehead atoms. The van der Waals surface area contributed by atoms with Crippen molar-refractivity contribution in [2.24, 2.45) is 0 Å². The van der Waals surface area contributed by atoms with Crippen LogP contribution in [0.3, 0.4) is 0 Å². The van der Waals surface area contributed by atoms with E-state index in [2.05, 4.69) is 4.98 Å². The van der Waals surface area contributed by atoms with E-state index in [0.717, 1.165) is 0 Å². The van der Waals surface area contributed by atoms with Gasteiger partial charge in [-0.2, -0.15) is 10.2 Å². The Balaban J connectivity index is 2.10. The maximum Gasteiger partial charge on any atom is 0.247 e. The molecule has 0 aliphatic rings. The van der Waals surface area contributed by atoms with Crippen molar-refractivity contribution in [1.29, 1.82) is 5.26 Å². The van der Waals surface area contributed by atoms with Gasteiger partial charge in [-0.1, -0.05) is 12.1 Å². The van der Waals surface area contributed by atoms with Gasteiger partial charge in [-0.3, -0.25) is 0 Å². The molecule has 3 rings (SSSR count). The number of nitrogen functional groups attached to an aromatic ring is 2. The van der Waals surface area contributed by atoms with Crippen LogP contribution in [0.1, 0.15) is 5.76 Å². The molecule has 2 aromatic heterocycles. The molecular weight excluding hydrogens is 256 g/mol. The van der Waals surface area contributed by atoms with Gasteiger partial charge < -0.3 is 20.6 Å². The Morgan fingerprint density at radius 1 is 1.15 bits per heavy atom. The zero-order valence-electron chi connectivity index (χ0n) is 10.3. The smallest absolute Gasteiger partial charge is 0.247 e. The summed E-state index contributed by atoms with van der Waals surface area (Å²) in [6, 6.07) is 12.3. The molecule has 98 valence electrons. The van der Waals surface area contributed by atoms with Gasteiger partial charge in [-0.15, -0.1) is 0 Å². The monoisotopic (exact) mass is 266 g/mol. The Hall–Kier alpha value is -3.20. The van der Waals surface area contributed by atoms with Gasteiger partial charge in [-0.25, -0.2) is 0 Å². The van der Waals surface area contributed by atoms with E-state index >= 15 is 0 Å². The van der Waals surface area contributed by atoms with Gasteiger partial charge >= 0.3 is 0 Å². The molecule has 3 aromatic rings. The number of hydrogen-bond donors (Lipinski definition) is 2. The second kappa shape index (κ2) is 4.48. The van der Waals surface area contributed by atoms with Crippen molar-refractivity contribution >= 4 is 22.5 Å². The highest BCUT2D eigenvalue weighted by Gasteiger charge is 2.16. The quantitative estimate of drug-likeness (QED) is 0.737. The molecule has 0 saturated heterocycles. The Morgan fingerprint density at radius 2 is 1.95 bits per heavy atom. The van der Waals surface area contributed by atoms with Crippen LogP contribution >= 0.6 is 0 Å². The number of hydrogen-bond acceptors (Lipinski definition) is 6. The lowest BCUT2D eigenvalue weighted by molar-refractivity contribution is 0.451. The Kier molecular flexibility index (Phi) is 2.66. The zero-order valence-corrected chi connectivity index (χ0v) is 10.3. The highest BCUT2D eigenvalue weighted by atomic mass is 16.5. The third kappa shape index (κ3) is 1.87. The molecule has 0 fully saturated rings. The fourth-order valence-corrected chi connectivity index (χ4v) is 1.83. The summed E-state index contributed by atoms with van der Waals surface area (Å²) in [4.78, 5) is 4.01. The van der Waals surface area contributed by atoms with Crippen molar-refractivity contribution < 1.29 is 9.15 Å². The maximum atomic E-state index is 9.11. The van der Waals surface area contributed by atoms with E-state index in [4.69, 9.17) is 25.9 Å². The van der Waals surface area contributed by atoms with E-state index < -0.39 is 0 Å². The van der Waals surface area contributed by atoms with Crippen LogP contribution in [0.25, 0.3) is 11.0 Å². The molecule has 6 nitrogen and oxygen atoms in total. The number of nitrogens with two attached hydrogens (primary N) is 2. The van der Waals surface area contributed by atoms with Crippen molar-refractivity contribution in [2.75, 3.05) is 11.5 Å². The second-order valence-corrected chi connectivity index (χ2v) is 4.09. The number of benzene rings is 1. The summed E-state index contributed by atoms with van der Waals surface area (Å²) in [6.07, 6.45) is 0. The number of nitrogens with zero attached hydrogens (tertiary/aromatic N) is 2. The minimum atomic E-state index is 0.0865. The SMILES string of the molecule is N#Cc1oc2ccccc2c1Oc1ccc(N)c(N)n1. The molecule has 4 N–H and O–H groups in total. The molecule has 0 aliphatic heterocycles. The molecule has 2 heterocycles. The molecule has 0 aliphatic carbocycles. The van der Waals surface area contributed by atoms with Crippen LogP contribution in [0.5, 0.6) is 11.6 Å². The Morgan fingerprint density at radius 3 is 2.70 bits per heavy atom. The number of pyridine rings is 1. The van der Waals surface area contributed by atoms with Gasteiger partial charge in [0.25, 0.3) is 0 Å². The molecular formula is C14H10N4O2. The van der Waals surface area contributed by atoms with Crippen molar-refractivity contribution in [3.05, 3.63) is 42.2 Å². The molecule has 0 saturated carbocycles.